The van der Waals surface area contributed by atoms with E-state index < -0.39 is 9.84 Å². The number of fused-ring (bicyclic) bond motifs is 1. The summed E-state index contributed by atoms with van der Waals surface area (Å²) >= 11 is 0. The van der Waals surface area contributed by atoms with Gasteiger partial charge in [0, 0.05) is 12.3 Å². The van der Waals surface area contributed by atoms with Crippen LogP contribution in [0, 0.1) is 5.92 Å². The standard InChI is InChI=1S/C14H17NO4S/c1-2-19-13-6-4-3-5-11(13)15-12-9-20(17,18)8-10(12)7-14(15)16/h3-6,10,12H,2,7-9H2,1H3/t10-,12+/m1/s1. The molecular weight excluding hydrogens is 278 g/mol. The fourth-order valence-electron chi connectivity index (χ4n) is 3.14. The maximum atomic E-state index is 12.2. The smallest absolute Gasteiger partial charge is 0.227 e. The third kappa shape index (κ3) is 2.18. The van der Waals surface area contributed by atoms with Crippen molar-refractivity contribution in [3.63, 3.8) is 0 Å². The van der Waals surface area contributed by atoms with Crippen molar-refractivity contribution in [1.29, 1.82) is 0 Å². The highest BCUT2D eigenvalue weighted by molar-refractivity contribution is 7.91. The second-order valence-corrected chi connectivity index (χ2v) is 7.43. The Hall–Kier alpha value is -1.56. The van der Waals surface area contributed by atoms with E-state index in [9.17, 15) is 13.2 Å². The van der Waals surface area contributed by atoms with Crippen molar-refractivity contribution in [1.82, 2.24) is 0 Å². The van der Waals surface area contributed by atoms with Gasteiger partial charge in [0.25, 0.3) is 0 Å². The molecule has 108 valence electrons. The van der Waals surface area contributed by atoms with E-state index in [1.807, 2.05) is 31.2 Å². The summed E-state index contributed by atoms with van der Waals surface area (Å²) in [7, 11) is -3.03. The van der Waals surface area contributed by atoms with Gasteiger partial charge in [-0.05, 0) is 19.1 Å². The third-order valence-electron chi connectivity index (χ3n) is 3.90. The topological polar surface area (TPSA) is 63.7 Å². The first-order valence-corrected chi connectivity index (χ1v) is 8.58. The Bertz CT molecular complexity index is 640. The summed E-state index contributed by atoms with van der Waals surface area (Å²) in [6.45, 7) is 2.39. The summed E-state index contributed by atoms with van der Waals surface area (Å²) in [4.78, 5) is 13.9. The number of carbonyl (C=O) groups excluding carboxylic acids is 1. The molecule has 2 atom stereocenters. The minimum atomic E-state index is -3.03. The van der Waals surface area contributed by atoms with Crippen LogP contribution in [0.5, 0.6) is 5.75 Å². The maximum absolute atomic E-state index is 12.2. The average molecular weight is 295 g/mol. The SMILES string of the molecule is CCOc1ccccc1N1C(=O)C[C@@H]2CS(=O)(=O)C[C@@H]21. The molecule has 2 heterocycles. The van der Waals surface area contributed by atoms with E-state index in [1.165, 1.54) is 0 Å². The predicted molar refractivity (Wildman–Crippen MR) is 75.6 cm³/mol. The van der Waals surface area contributed by atoms with Gasteiger partial charge in [-0.3, -0.25) is 4.79 Å². The number of para-hydroxylation sites is 2. The molecule has 0 aromatic heterocycles. The molecule has 0 saturated carbocycles. The van der Waals surface area contributed by atoms with Crippen LogP contribution in [0.4, 0.5) is 5.69 Å². The lowest BCUT2D eigenvalue weighted by molar-refractivity contribution is -0.117. The van der Waals surface area contributed by atoms with Crippen LogP contribution in [0.3, 0.4) is 0 Å². The van der Waals surface area contributed by atoms with Crippen LogP contribution in [0.25, 0.3) is 0 Å². The van der Waals surface area contributed by atoms with Gasteiger partial charge in [0.05, 0.1) is 29.8 Å². The number of benzene rings is 1. The van der Waals surface area contributed by atoms with Crippen LogP contribution in [-0.4, -0.2) is 38.5 Å². The average Bonchev–Trinajstić information content (AvgIpc) is 2.81. The predicted octanol–water partition coefficient (Wildman–Crippen LogP) is 1.24. The Labute approximate surface area is 118 Å². The van der Waals surface area contributed by atoms with E-state index in [-0.39, 0.29) is 29.4 Å². The molecule has 0 radical (unpaired) electrons. The fourth-order valence-corrected chi connectivity index (χ4v) is 5.21. The van der Waals surface area contributed by atoms with Gasteiger partial charge in [0.15, 0.2) is 9.84 Å². The molecule has 2 aliphatic heterocycles. The van der Waals surface area contributed by atoms with Gasteiger partial charge in [0.2, 0.25) is 5.91 Å². The molecule has 0 unspecified atom stereocenters. The molecule has 2 saturated heterocycles. The molecule has 3 rings (SSSR count). The van der Waals surface area contributed by atoms with Crippen LogP contribution < -0.4 is 9.64 Å². The van der Waals surface area contributed by atoms with Gasteiger partial charge in [-0.25, -0.2) is 8.42 Å². The largest absolute Gasteiger partial charge is 0.492 e. The molecule has 0 N–H and O–H groups in total. The number of hydrogen-bond acceptors (Lipinski definition) is 4. The van der Waals surface area contributed by atoms with Crippen LogP contribution >= 0.6 is 0 Å². The van der Waals surface area contributed by atoms with Crippen molar-refractivity contribution in [2.24, 2.45) is 5.92 Å². The van der Waals surface area contributed by atoms with E-state index in [4.69, 9.17) is 4.74 Å². The molecule has 0 bridgehead atoms. The summed E-state index contributed by atoms with van der Waals surface area (Å²) in [5, 5.41) is 0. The summed E-state index contributed by atoms with van der Waals surface area (Å²) in [6.07, 6.45) is 0.310. The monoisotopic (exact) mass is 295 g/mol. The van der Waals surface area contributed by atoms with Crippen molar-refractivity contribution in [2.45, 2.75) is 19.4 Å². The van der Waals surface area contributed by atoms with E-state index >= 15 is 0 Å². The zero-order valence-electron chi connectivity index (χ0n) is 11.3. The Morgan fingerprint density at radius 1 is 1.30 bits per heavy atom. The summed E-state index contributed by atoms with van der Waals surface area (Å²) in [5.74, 6) is 0.721. The molecular formula is C14H17NO4S. The Balaban J connectivity index is 1.99. The Morgan fingerprint density at radius 3 is 2.80 bits per heavy atom. The third-order valence-corrected chi connectivity index (χ3v) is 5.68. The summed E-state index contributed by atoms with van der Waals surface area (Å²) in [5.41, 5.74) is 0.684. The highest BCUT2D eigenvalue weighted by atomic mass is 32.2. The van der Waals surface area contributed by atoms with Gasteiger partial charge < -0.3 is 9.64 Å². The van der Waals surface area contributed by atoms with Crippen molar-refractivity contribution in [2.75, 3.05) is 23.0 Å². The van der Waals surface area contributed by atoms with Gasteiger partial charge >= 0.3 is 0 Å². The van der Waals surface area contributed by atoms with Crippen LogP contribution in [0.2, 0.25) is 0 Å². The Morgan fingerprint density at radius 2 is 2.05 bits per heavy atom. The van der Waals surface area contributed by atoms with Gasteiger partial charge in [-0.1, -0.05) is 12.1 Å². The zero-order chi connectivity index (χ0) is 14.3. The van der Waals surface area contributed by atoms with Gasteiger partial charge in [0.1, 0.15) is 5.75 Å². The second-order valence-electron chi connectivity index (χ2n) is 5.27. The number of carbonyl (C=O) groups is 1. The number of rotatable bonds is 3. The molecule has 2 aliphatic rings. The highest BCUT2D eigenvalue weighted by Gasteiger charge is 2.49. The summed E-state index contributed by atoms with van der Waals surface area (Å²) in [6, 6.07) is 7.06. The van der Waals surface area contributed by atoms with Crippen LogP contribution in [0.1, 0.15) is 13.3 Å². The summed E-state index contributed by atoms with van der Waals surface area (Å²) < 4.78 is 29.1. The lowest BCUT2D eigenvalue weighted by Crippen LogP contribution is -2.36. The lowest BCUT2D eigenvalue weighted by atomic mass is 10.0. The van der Waals surface area contributed by atoms with Crippen molar-refractivity contribution >= 4 is 21.4 Å². The number of ether oxygens (including phenoxy) is 1. The number of anilines is 1. The van der Waals surface area contributed by atoms with Crippen LogP contribution in [-0.2, 0) is 14.6 Å². The number of hydrogen-bond donors (Lipinski definition) is 0. The zero-order valence-corrected chi connectivity index (χ0v) is 12.1. The number of sulfone groups is 1. The molecule has 0 spiro atoms. The van der Waals surface area contributed by atoms with E-state index in [2.05, 4.69) is 0 Å². The number of nitrogens with zero attached hydrogens (tertiary/aromatic N) is 1. The van der Waals surface area contributed by atoms with Gasteiger partial charge in [-0.2, -0.15) is 0 Å². The molecule has 0 aliphatic carbocycles. The van der Waals surface area contributed by atoms with E-state index in [1.54, 1.807) is 4.90 Å². The molecule has 5 nitrogen and oxygen atoms in total. The van der Waals surface area contributed by atoms with Crippen molar-refractivity contribution in [3.05, 3.63) is 24.3 Å². The molecule has 2 fully saturated rings. The molecule has 6 heteroatoms. The fraction of sp³-hybridized carbons (Fsp3) is 0.500. The second kappa shape index (κ2) is 4.77. The first kappa shape index (κ1) is 13.4. The molecule has 1 amide bonds. The molecule has 1 aromatic rings. The molecule has 1 aromatic carbocycles. The van der Waals surface area contributed by atoms with Crippen LogP contribution in [0.15, 0.2) is 24.3 Å². The van der Waals surface area contributed by atoms with E-state index in [0.29, 0.717) is 24.5 Å². The minimum absolute atomic E-state index is 0.0120. The van der Waals surface area contributed by atoms with Gasteiger partial charge in [-0.15, -0.1) is 0 Å². The number of amides is 1. The van der Waals surface area contributed by atoms with Crippen molar-refractivity contribution in [3.8, 4) is 5.75 Å². The Kier molecular flexibility index (Phi) is 3.20. The normalized spacial score (nSPS) is 27.6. The lowest BCUT2D eigenvalue weighted by Gasteiger charge is -2.25. The van der Waals surface area contributed by atoms with E-state index in [0.717, 1.165) is 0 Å². The first-order valence-electron chi connectivity index (χ1n) is 6.76. The minimum Gasteiger partial charge on any atom is -0.492 e. The maximum Gasteiger partial charge on any atom is 0.227 e. The highest BCUT2D eigenvalue weighted by Crippen LogP contribution is 2.40. The quantitative estimate of drug-likeness (QED) is 0.841. The molecule has 20 heavy (non-hydrogen) atoms. The van der Waals surface area contributed by atoms with Crippen molar-refractivity contribution < 1.29 is 17.9 Å². The first-order chi connectivity index (χ1) is 9.52.